The number of carbonyl (C=O) groups excluding carboxylic acids is 1. The van der Waals surface area contributed by atoms with Crippen molar-refractivity contribution < 1.29 is 4.79 Å². The summed E-state index contributed by atoms with van der Waals surface area (Å²) in [5.74, 6) is 1.25. The second-order valence-corrected chi connectivity index (χ2v) is 5.54. The third-order valence-electron chi connectivity index (χ3n) is 4.08. The van der Waals surface area contributed by atoms with Crippen LogP contribution in [-0.4, -0.2) is 44.5 Å². The number of halogens is 2. The molecule has 2 atom stereocenters. The summed E-state index contributed by atoms with van der Waals surface area (Å²) in [6.45, 7) is 5.33. The number of carbonyl (C=O) groups is 1. The molecule has 6 nitrogen and oxygen atoms in total. The van der Waals surface area contributed by atoms with E-state index in [4.69, 9.17) is 5.73 Å². The molecule has 0 spiro atoms. The molecule has 1 aliphatic heterocycles. The summed E-state index contributed by atoms with van der Waals surface area (Å²) in [6, 6.07) is 3.89. The first-order valence-electron chi connectivity index (χ1n) is 6.92. The fourth-order valence-electron chi connectivity index (χ4n) is 2.89. The molecule has 0 radical (unpaired) electrons. The van der Waals surface area contributed by atoms with Crippen molar-refractivity contribution in [1.29, 1.82) is 0 Å². The topological polar surface area (TPSA) is 76.5 Å². The summed E-state index contributed by atoms with van der Waals surface area (Å²) in [5.41, 5.74) is 7.15. The molecule has 8 heteroatoms. The van der Waals surface area contributed by atoms with Gasteiger partial charge in [0.15, 0.2) is 5.65 Å². The van der Waals surface area contributed by atoms with Crippen LogP contribution in [0.15, 0.2) is 18.3 Å². The highest BCUT2D eigenvalue weighted by molar-refractivity contribution is 5.94. The van der Waals surface area contributed by atoms with E-state index in [0.717, 1.165) is 24.4 Å². The molecule has 1 aliphatic rings. The van der Waals surface area contributed by atoms with Crippen LogP contribution in [0.1, 0.15) is 29.5 Å². The van der Waals surface area contributed by atoms with E-state index in [-0.39, 0.29) is 36.8 Å². The van der Waals surface area contributed by atoms with Crippen LogP contribution in [0, 0.1) is 12.8 Å². The molecule has 122 valence electrons. The Labute approximate surface area is 141 Å². The third-order valence-corrected chi connectivity index (χ3v) is 4.08. The molecule has 22 heavy (non-hydrogen) atoms. The second kappa shape index (κ2) is 7.26. The maximum atomic E-state index is 12.6. The van der Waals surface area contributed by atoms with Gasteiger partial charge in [0.25, 0.3) is 5.91 Å². The van der Waals surface area contributed by atoms with Crippen LogP contribution < -0.4 is 5.73 Å². The maximum absolute atomic E-state index is 12.6. The molecule has 1 fully saturated rings. The minimum Gasteiger partial charge on any atom is -0.336 e. The zero-order chi connectivity index (χ0) is 14.3. The number of rotatable bonds is 2. The van der Waals surface area contributed by atoms with Gasteiger partial charge in [0.1, 0.15) is 5.82 Å². The first-order chi connectivity index (χ1) is 9.60. The number of pyridine rings is 1. The number of hydrogen-bond donors (Lipinski definition) is 1. The van der Waals surface area contributed by atoms with Crippen molar-refractivity contribution >= 4 is 36.4 Å². The highest BCUT2D eigenvalue weighted by Crippen LogP contribution is 2.24. The quantitative estimate of drug-likeness (QED) is 0.898. The van der Waals surface area contributed by atoms with Crippen molar-refractivity contribution in [3.05, 3.63) is 29.7 Å². The molecule has 0 aromatic carbocycles. The molecule has 0 bridgehead atoms. The number of amides is 1. The monoisotopic (exact) mass is 345 g/mol. The van der Waals surface area contributed by atoms with Crippen molar-refractivity contribution in [2.75, 3.05) is 13.1 Å². The number of likely N-dealkylation sites (tertiary alicyclic amines) is 1. The lowest BCUT2D eigenvalue weighted by Crippen LogP contribution is -2.34. The third kappa shape index (κ3) is 3.19. The Morgan fingerprint density at radius 2 is 2.09 bits per heavy atom. The second-order valence-electron chi connectivity index (χ2n) is 5.54. The normalized spacial score (nSPS) is 20.6. The molecule has 3 heterocycles. The molecule has 2 unspecified atom stereocenters. The summed E-state index contributed by atoms with van der Waals surface area (Å²) >= 11 is 0. The lowest BCUT2D eigenvalue weighted by Gasteiger charge is -2.21. The number of aryl methyl sites for hydroxylation is 1. The van der Waals surface area contributed by atoms with Crippen LogP contribution in [-0.2, 0) is 0 Å². The van der Waals surface area contributed by atoms with E-state index < -0.39 is 0 Å². The minimum absolute atomic E-state index is 0. The zero-order valence-corrected chi connectivity index (χ0v) is 14.2. The lowest BCUT2D eigenvalue weighted by molar-refractivity contribution is 0.0743. The molecular weight excluding hydrogens is 325 g/mol. The van der Waals surface area contributed by atoms with Gasteiger partial charge in [-0.15, -0.1) is 35.0 Å². The van der Waals surface area contributed by atoms with Gasteiger partial charge in [-0.2, -0.15) is 0 Å². The van der Waals surface area contributed by atoms with Crippen molar-refractivity contribution in [3.63, 3.8) is 0 Å². The van der Waals surface area contributed by atoms with Crippen LogP contribution in [0.2, 0.25) is 0 Å². The summed E-state index contributed by atoms with van der Waals surface area (Å²) in [4.78, 5) is 14.5. The Morgan fingerprint density at radius 1 is 1.36 bits per heavy atom. The molecule has 1 saturated heterocycles. The van der Waals surface area contributed by atoms with Gasteiger partial charge in [0.05, 0.1) is 5.56 Å². The van der Waals surface area contributed by atoms with Crippen LogP contribution >= 0.6 is 24.8 Å². The molecule has 3 rings (SSSR count). The molecule has 0 aliphatic carbocycles. The number of fused-ring (bicyclic) bond motifs is 1. The molecule has 2 aromatic rings. The fraction of sp³-hybridized carbons (Fsp3) is 0.500. The summed E-state index contributed by atoms with van der Waals surface area (Å²) in [7, 11) is 0. The number of aromatic nitrogens is 3. The summed E-state index contributed by atoms with van der Waals surface area (Å²) < 4.78 is 1.84. The molecule has 0 saturated carbocycles. The van der Waals surface area contributed by atoms with Crippen LogP contribution in [0.4, 0.5) is 0 Å². The average molecular weight is 346 g/mol. The average Bonchev–Trinajstić information content (AvgIpc) is 3.01. The fourth-order valence-corrected chi connectivity index (χ4v) is 2.89. The van der Waals surface area contributed by atoms with Crippen molar-refractivity contribution in [2.45, 2.75) is 26.3 Å². The van der Waals surface area contributed by atoms with E-state index in [2.05, 4.69) is 17.1 Å². The van der Waals surface area contributed by atoms with Crippen molar-refractivity contribution in [3.8, 4) is 0 Å². The molecule has 2 N–H and O–H groups in total. The van der Waals surface area contributed by atoms with Gasteiger partial charge >= 0.3 is 0 Å². The number of hydrogen-bond acceptors (Lipinski definition) is 4. The van der Waals surface area contributed by atoms with E-state index in [1.807, 2.05) is 34.6 Å². The largest absolute Gasteiger partial charge is 0.336 e. The summed E-state index contributed by atoms with van der Waals surface area (Å²) in [5, 5.41) is 8.03. The molecular formula is C14H21Cl2N5O. The Kier molecular flexibility index (Phi) is 6.17. The van der Waals surface area contributed by atoms with Gasteiger partial charge < -0.3 is 10.6 Å². The van der Waals surface area contributed by atoms with Crippen molar-refractivity contribution in [1.82, 2.24) is 19.5 Å². The maximum Gasteiger partial charge on any atom is 0.255 e. The van der Waals surface area contributed by atoms with E-state index in [1.165, 1.54) is 0 Å². The Bertz CT molecular complexity index is 660. The van der Waals surface area contributed by atoms with E-state index in [1.54, 1.807) is 0 Å². The van der Waals surface area contributed by atoms with Gasteiger partial charge in [-0.3, -0.25) is 9.20 Å². The first kappa shape index (κ1) is 18.7. The number of nitrogens with zero attached hydrogens (tertiary/aromatic N) is 4. The standard InChI is InChI=1S/C14H19N5O.2ClH/c1-9-5-11(6-15)7-18(9)14(20)12-3-4-13-17-16-10(2)19(13)8-12;;/h3-4,8-9,11H,5-7,15H2,1-2H3;2*1H. The SMILES string of the molecule is Cc1nnc2ccc(C(=O)N3CC(CN)CC3C)cn12.Cl.Cl. The van der Waals surface area contributed by atoms with Crippen LogP contribution in [0.3, 0.4) is 0 Å². The van der Waals surface area contributed by atoms with Gasteiger partial charge in [0, 0.05) is 18.8 Å². The van der Waals surface area contributed by atoms with E-state index >= 15 is 0 Å². The molecule has 1 amide bonds. The van der Waals surface area contributed by atoms with Gasteiger partial charge in [-0.1, -0.05) is 0 Å². The Hall–Kier alpha value is -1.37. The smallest absolute Gasteiger partial charge is 0.255 e. The predicted molar refractivity (Wildman–Crippen MR) is 89.9 cm³/mol. The van der Waals surface area contributed by atoms with Crippen molar-refractivity contribution in [2.24, 2.45) is 11.7 Å². The van der Waals surface area contributed by atoms with E-state index in [9.17, 15) is 4.79 Å². The number of nitrogens with two attached hydrogens (primary N) is 1. The minimum atomic E-state index is 0. The van der Waals surface area contributed by atoms with Gasteiger partial charge in [-0.05, 0) is 44.9 Å². The van der Waals surface area contributed by atoms with E-state index in [0.29, 0.717) is 18.0 Å². The Balaban J connectivity index is 0.00000121. The van der Waals surface area contributed by atoms with Gasteiger partial charge in [0.2, 0.25) is 0 Å². The summed E-state index contributed by atoms with van der Waals surface area (Å²) in [6.07, 6.45) is 2.80. The van der Waals surface area contributed by atoms with Crippen LogP contribution in [0.5, 0.6) is 0 Å². The highest BCUT2D eigenvalue weighted by Gasteiger charge is 2.32. The predicted octanol–water partition coefficient (Wildman–Crippen LogP) is 1.69. The van der Waals surface area contributed by atoms with Gasteiger partial charge in [-0.25, -0.2) is 0 Å². The molecule has 2 aromatic heterocycles. The lowest BCUT2D eigenvalue weighted by atomic mass is 10.1. The highest BCUT2D eigenvalue weighted by atomic mass is 35.5. The zero-order valence-electron chi connectivity index (χ0n) is 12.6. The van der Waals surface area contributed by atoms with Crippen LogP contribution in [0.25, 0.3) is 5.65 Å². The first-order valence-corrected chi connectivity index (χ1v) is 6.92. The Morgan fingerprint density at radius 3 is 2.73 bits per heavy atom.